The minimum Gasteiger partial charge on any atom is -0.298 e. The van der Waals surface area contributed by atoms with Gasteiger partial charge in [0.25, 0.3) is 5.92 Å². The normalized spacial score (nSPS) is 29.4. The number of halogens is 2. The standard InChI is InChI=1S/C16H29F2N3.C4H10/c1-13(2)19-8-10-20(11-9-19)15-6-7-21(12-16(15,17)18)14-4-3-5-14;1-4(2)3/h13-15H,3-12H2,1-2H3;4H,1-3H3. The first-order valence-electron chi connectivity index (χ1n) is 10.3. The van der Waals surface area contributed by atoms with Crippen LogP contribution in [-0.4, -0.2) is 78.0 Å². The van der Waals surface area contributed by atoms with Crippen molar-refractivity contribution in [1.29, 1.82) is 0 Å². The van der Waals surface area contributed by atoms with Crippen molar-refractivity contribution in [2.75, 3.05) is 39.3 Å². The molecule has 3 nitrogen and oxygen atoms in total. The molecule has 0 bridgehead atoms. The molecule has 2 saturated heterocycles. The van der Waals surface area contributed by atoms with Crippen molar-refractivity contribution < 1.29 is 8.78 Å². The minimum atomic E-state index is -2.55. The molecule has 0 radical (unpaired) electrons. The molecule has 2 heterocycles. The van der Waals surface area contributed by atoms with E-state index in [-0.39, 0.29) is 6.54 Å². The van der Waals surface area contributed by atoms with Crippen LogP contribution in [0.4, 0.5) is 8.78 Å². The van der Waals surface area contributed by atoms with E-state index < -0.39 is 12.0 Å². The average Bonchev–Trinajstić information content (AvgIpc) is 2.44. The van der Waals surface area contributed by atoms with Crippen LogP contribution < -0.4 is 0 Å². The highest BCUT2D eigenvalue weighted by molar-refractivity contribution is 4.97. The zero-order valence-electron chi connectivity index (χ0n) is 17.0. The summed E-state index contributed by atoms with van der Waals surface area (Å²) >= 11 is 0. The van der Waals surface area contributed by atoms with Crippen molar-refractivity contribution in [3.63, 3.8) is 0 Å². The van der Waals surface area contributed by atoms with Crippen molar-refractivity contribution >= 4 is 0 Å². The zero-order valence-corrected chi connectivity index (χ0v) is 17.0. The predicted molar refractivity (Wildman–Crippen MR) is 101 cm³/mol. The summed E-state index contributed by atoms with van der Waals surface area (Å²) in [5.74, 6) is -1.71. The Morgan fingerprint density at radius 1 is 0.800 bits per heavy atom. The molecular formula is C20H39F2N3. The van der Waals surface area contributed by atoms with Crippen LogP contribution in [0.25, 0.3) is 0 Å². The van der Waals surface area contributed by atoms with Gasteiger partial charge in [-0.05, 0) is 39.0 Å². The first-order valence-corrected chi connectivity index (χ1v) is 10.3. The first-order chi connectivity index (χ1) is 11.7. The molecule has 3 aliphatic rings. The Morgan fingerprint density at radius 3 is 1.76 bits per heavy atom. The maximum absolute atomic E-state index is 14.6. The second-order valence-corrected chi connectivity index (χ2v) is 9.02. The van der Waals surface area contributed by atoms with E-state index in [0.717, 1.165) is 51.5 Å². The molecule has 148 valence electrons. The topological polar surface area (TPSA) is 9.72 Å². The largest absolute Gasteiger partial charge is 0.298 e. The van der Waals surface area contributed by atoms with E-state index in [4.69, 9.17) is 0 Å². The van der Waals surface area contributed by atoms with Gasteiger partial charge in [0.1, 0.15) is 0 Å². The lowest BCUT2D eigenvalue weighted by molar-refractivity contribution is -0.145. The van der Waals surface area contributed by atoms with Crippen LogP contribution in [0.2, 0.25) is 0 Å². The molecule has 25 heavy (non-hydrogen) atoms. The third-order valence-electron chi connectivity index (χ3n) is 5.70. The van der Waals surface area contributed by atoms with E-state index in [2.05, 4.69) is 44.4 Å². The van der Waals surface area contributed by atoms with E-state index in [1.54, 1.807) is 0 Å². The van der Waals surface area contributed by atoms with E-state index in [1.807, 2.05) is 4.90 Å². The molecule has 0 aromatic carbocycles. The lowest BCUT2D eigenvalue weighted by Gasteiger charge is -2.49. The van der Waals surface area contributed by atoms with Gasteiger partial charge in [-0.2, -0.15) is 0 Å². The molecular weight excluding hydrogens is 320 g/mol. The third kappa shape index (κ3) is 5.86. The first kappa shape index (κ1) is 21.0. The predicted octanol–water partition coefficient (Wildman–Crippen LogP) is 3.94. The van der Waals surface area contributed by atoms with Crippen LogP contribution in [0.15, 0.2) is 0 Å². The Bertz CT molecular complexity index is 386. The third-order valence-corrected chi connectivity index (χ3v) is 5.70. The molecule has 0 aromatic heterocycles. The van der Waals surface area contributed by atoms with Crippen LogP contribution in [0.3, 0.4) is 0 Å². The van der Waals surface area contributed by atoms with Crippen molar-refractivity contribution in [3.8, 4) is 0 Å². The summed E-state index contributed by atoms with van der Waals surface area (Å²) in [6.07, 6.45) is 4.08. The van der Waals surface area contributed by atoms with Gasteiger partial charge in [0.05, 0.1) is 12.6 Å². The molecule has 1 aliphatic carbocycles. The molecule has 1 saturated carbocycles. The van der Waals surface area contributed by atoms with Gasteiger partial charge in [0.2, 0.25) is 0 Å². The summed E-state index contributed by atoms with van der Waals surface area (Å²) in [7, 11) is 0. The second-order valence-electron chi connectivity index (χ2n) is 9.02. The van der Waals surface area contributed by atoms with Gasteiger partial charge in [0, 0.05) is 44.8 Å². The van der Waals surface area contributed by atoms with Gasteiger partial charge in [-0.25, -0.2) is 8.78 Å². The van der Waals surface area contributed by atoms with Crippen LogP contribution in [0, 0.1) is 5.92 Å². The Balaban J connectivity index is 0.000000511. The Morgan fingerprint density at radius 2 is 1.36 bits per heavy atom. The van der Waals surface area contributed by atoms with Crippen molar-refractivity contribution in [2.45, 2.75) is 84.4 Å². The van der Waals surface area contributed by atoms with Gasteiger partial charge < -0.3 is 0 Å². The van der Waals surface area contributed by atoms with Crippen molar-refractivity contribution in [1.82, 2.24) is 14.7 Å². The fourth-order valence-electron chi connectivity index (χ4n) is 4.03. The molecule has 0 aromatic rings. The van der Waals surface area contributed by atoms with E-state index in [1.165, 1.54) is 6.42 Å². The number of nitrogens with zero attached hydrogens (tertiary/aromatic N) is 3. The summed E-state index contributed by atoms with van der Waals surface area (Å²) in [4.78, 5) is 6.49. The van der Waals surface area contributed by atoms with Gasteiger partial charge >= 0.3 is 0 Å². The van der Waals surface area contributed by atoms with Crippen LogP contribution in [-0.2, 0) is 0 Å². The molecule has 0 N–H and O–H groups in total. The number of likely N-dealkylation sites (tertiary alicyclic amines) is 1. The number of hydrogen-bond acceptors (Lipinski definition) is 3. The fraction of sp³-hybridized carbons (Fsp3) is 1.00. The van der Waals surface area contributed by atoms with Crippen LogP contribution in [0.5, 0.6) is 0 Å². The average molecular weight is 360 g/mol. The summed E-state index contributed by atoms with van der Waals surface area (Å²) < 4.78 is 29.2. The van der Waals surface area contributed by atoms with Crippen LogP contribution >= 0.6 is 0 Å². The molecule has 5 heteroatoms. The Labute approximate surface area is 153 Å². The maximum Gasteiger partial charge on any atom is 0.275 e. The monoisotopic (exact) mass is 359 g/mol. The van der Waals surface area contributed by atoms with E-state index >= 15 is 0 Å². The highest BCUT2D eigenvalue weighted by Gasteiger charge is 2.49. The van der Waals surface area contributed by atoms with Gasteiger partial charge in [-0.15, -0.1) is 0 Å². The lowest BCUT2D eigenvalue weighted by atomic mass is 9.88. The second kappa shape index (κ2) is 9.09. The van der Waals surface area contributed by atoms with Crippen LogP contribution in [0.1, 0.15) is 60.3 Å². The Kier molecular flexibility index (Phi) is 7.66. The number of rotatable bonds is 3. The van der Waals surface area contributed by atoms with Gasteiger partial charge in [0.15, 0.2) is 0 Å². The SMILES string of the molecule is CC(C)C.CC(C)N1CCN(C2CCN(C3CCC3)CC2(F)F)CC1. The highest BCUT2D eigenvalue weighted by atomic mass is 19.3. The maximum atomic E-state index is 14.6. The zero-order chi connectivity index (χ0) is 18.6. The van der Waals surface area contributed by atoms with Crippen molar-refractivity contribution in [2.24, 2.45) is 5.92 Å². The summed E-state index contributed by atoms with van der Waals surface area (Å²) in [5.41, 5.74) is 0. The number of hydrogen-bond donors (Lipinski definition) is 0. The molecule has 1 atom stereocenters. The minimum absolute atomic E-state index is 0.0211. The quantitative estimate of drug-likeness (QED) is 0.756. The summed E-state index contributed by atoms with van der Waals surface area (Å²) in [5, 5.41) is 0. The summed E-state index contributed by atoms with van der Waals surface area (Å²) in [6, 6.07) is 0.422. The summed E-state index contributed by atoms with van der Waals surface area (Å²) in [6.45, 7) is 15.1. The molecule has 0 amide bonds. The van der Waals surface area contributed by atoms with Crippen molar-refractivity contribution in [3.05, 3.63) is 0 Å². The van der Waals surface area contributed by atoms with E-state index in [0.29, 0.717) is 18.5 Å². The fourth-order valence-corrected chi connectivity index (χ4v) is 4.03. The molecule has 3 fully saturated rings. The van der Waals surface area contributed by atoms with Gasteiger partial charge in [-0.3, -0.25) is 14.7 Å². The number of alkyl halides is 2. The highest BCUT2D eigenvalue weighted by Crippen LogP contribution is 2.36. The smallest absolute Gasteiger partial charge is 0.275 e. The van der Waals surface area contributed by atoms with Gasteiger partial charge in [-0.1, -0.05) is 27.2 Å². The number of piperazine rings is 1. The lowest BCUT2D eigenvalue weighted by Crippen LogP contribution is -2.63. The molecule has 2 aliphatic heterocycles. The van der Waals surface area contributed by atoms with E-state index in [9.17, 15) is 8.78 Å². The molecule has 1 unspecified atom stereocenters. The Hall–Kier alpha value is -0.260. The number of piperidine rings is 1. The molecule has 0 spiro atoms. The molecule has 3 rings (SSSR count).